The van der Waals surface area contributed by atoms with Gasteiger partial charge in [-0.3, -0.25) is 10.1 Å². The number of nitrogens with one attached hydrogen (secondary N) is 1. The Bertz CT molecular complexity index is 1600. The molecule has 0 unspecified atom stereocenters. The molecule has 6 nitrogen and oxygen atoms in total. The zero-order chi connectivity index (χ0) is 25.1. The minimum Gasteiger partial charge on any atom is -0.497 e. The van der Waals surface area contributed by atoms with Gasteiger partial charge in [0.05, 0.1) is 18.5 Å². The number of rotatable bonds is 6. The molecule has 0 fully saturated rings. The van der Waals surface area contributed by atoms with Gasteiger partial charge in [0.2, 0.25) is 5.55 Å². The molecule has 0 aliphatic heterocycles. The second-order valence-corrected chi connectivity index (χ2v) is 9.36. The molecule has 180 valence electrons. The number of aromatic nitrogens is 1. The molecule has 0 saturated carbocycles. The number of anilines is 1. The lowest BCUT2D eigenvalue weighted by molar-refractivity contribution is 0.102. The van der Waals surface area contributed by atoms with Gasteiger partial charge >= 0.3 is 0 Å². The number of aryl methyl sites for hydroxylation is 2. The highest BCUT2D eigenvalue weighted by Gasteiger charge is 2.18. The second kappa shape index (κ2) is 10.2. The predicted molar refractivity (Wildman–Crippen MR) is 144 cm³/mol. The van der Waals surface area contributed by atoms with Gasteiger partial charge in [0.1, 0.15) is 16.9 Å². The Morgan fingerprint density at radius 2 is 1.83 bits per heavy atom. The van der Waals surface area contributed by atoms with Crippen molar-refractivity contribution in [2.45, 2.75) is 20.3 Å². The van der Waals surface area contributed by atoms with Crippen LogP contribution in [0.15, 0.2) is 88.3 Å². The summed E-state index contributed by atoms with van der Waals surface area (Å²) in [6.07, 6.45) is 0.816. The number of benzene rings is 3. The van der Waals surface area contributed by atoms with Crippen LogP contribution >= 0.6 is 11.3 Å². The molecule has 0 atom stereocenters. The zero-order valence-electron chi connectivity index (χ0n) is 20.2. The summed E-state index contributed by atoms with van der Waals surface area (Å²) in [6.45, 7) is 4.10. The number of hydrogen-bond donors (Lipinski definition) is 1. The first kappa shape index (κ1) is 23.5. The molecule has 0 saturated heterocycles. The average molecular weight is 496 g/mol. The fraction of sp³-hybridized carbons (Fsp3) is 0.138. The van der Waals surface area contributed by atoms with Gasteiger partial charge in [-0.25, -0.2) is 9.98 Å². The molecule has 1 amide bonds. The molecule has 1 N–H and O–H groups in total. The third kappa shape index (κ3) is 4.92. The highest BCUT2D eigenvalue weighted by Crippen LogP contribution is 2.32. The lowest BCUT2D eigenvalue weighted by Gasteiger charge is -2.07. The number of methoxy groups -OCH3 is 1. The van der Waals surface area contributed by atoms with Crippen molar-refractivity contribution in [2.75, 3.05) is 12.4 Å². The molecule has 2 heterocycles. The second-order valence-electron chi connectivity index (χ2n) is 8.28. The third-order valence-corrected chi connectivity index (χ3v) is 6.86. The number of carbonyl (C=O) groups is 1. The van der Waals surface area contributed by atoms with Gasteiger partial charge in [-0.2, -0.15) is 0 Å². The summed E-state index contributed by atoms with van der Waals surface area (Å²) in [7, 11) is 1.60. The number of thiazole rings is 1. The number of nitrogens with zero attached hydrogens (tertiary/aromatic N) is 2. The van der Waals surface area contributed by atoms with E-state index in [1.54, 1.807) is 13.2 Å². The van der Waals surface area contributed by atoms with Crippen LogP contribution in [0.4, 0.5) is 10.8 Å². The van der Waals surface area contributed by atoms with E-state index in [4.69, 9.17) is 14.1 Å². The molecule has 7 heteroatoms. The molecular weight excluding hydrogens is 470 g/mol. The number of amides is 1. The minimum atomic E-state index is -0.342. The summed E-state index contributed by atoms with van der Waals surface area (Å²) in [5.41, 5.74) is 4.87. The molecular formula is C29H25N3O3S. The van der Waals surface area contributed by atoms with Gasteiger partial charge < -0.3 is 9.15 Å². The van der Waals surface area contributed by atoms with Crippen molar-refractivity contribution < 1.29 is 13.9 Å². The van der Waals surface area contributed by atoms with E-state index in [0.717, 1.165) is 33.5 Å². The van der Waals surface area contributed by atoms with Crippen LogP contribution in [0.1, 0.15) is 27.7 Å². The van der Waals surface area contributed by atoms with Crippen molar-refractivity contribution in [2.24, 2.45) is 4.99 Å². The van der Waals surface area contributed by atoms with E-state index in [-0.39, 0.29) is 11.5 Å². The van der Waals surface area contributed by atoms with E-state index in [9.17, 15) is 4.79 Å². The first-order valence-electron chi connectivity index (χ1n) is 11.6. The van der Waals surface area contributed by atoms with E-state index in [2.05, 4.69) is 17.2 Å². The lowest BCUT2D eigenvalue weighted by atomic mass is 10.1. The van der Waals surface area contributed by atoms with E-state index < -0.39 is 0 Å². The van der Waals surface area contributed by atoms with Gasteiger partial charge in [0.15, 0.2) is 5.13 Å². The average Bonchev–Trinajstić information content (AvgIpc) is 3.32. The fourth-order valence-electron chi connectivity index (χ4n) is 3.85. The third-order valence-electron chi connectivity index (χ3n) is 5.75. The predicted octanol–water partition coefficient (Wildman–Crippen LogP) is 6.92. The van der Waals surface area contributed by atoms with E-state index in [1.807, 2.05) is 79.7 Å². The van der Waals surface area contributed by atoms with Crippen LogP contribution in [-0.2, 0) is 6.42 Å². The van der Waals surface area contributed by atoms with Crippen LogP contribution in [0, 0.1) is 6.92 Å². The highest BCUT2D eigenvalue weighted by molar-refractivity contribution is 7.16. The maximum atomic E-state index is 13.5. The van der Waals surface area contributed by atoms with Crippen LogP contribution in [0.2, 0.25) is 0 Å². The summed E-state index contributed by atoms with van der Waals surface area (Å²) >= 11 is 1.47. The summed E-state index contributed by atoms with van der Waals surface area (Å²) < 4.78 is 11.5. The highest BCUT2D eigenvalue weighted by atomic mass is 32.1. The molecule has 5 aromatic rings. The molecule has 0 bridgehead atoms. The van der Waals surface area contributed by atoms with Gasteiger partial charge in [-0.15, -0.1) is 11.3 Å². The topological polar surface area (TPSA) is 76.7 Å². The molecule has 0 spiro atoms. The van der Waals surface area contributed by atoms with Crippen LogP contribution in [0.25, 0.3) is 22.2 Å². The summed E-state index contributed by atoms with van der Waals surface area (Å²) in [5, 5.41) is 4.24. The number of ether oxygens (including phenoxy) is 1. The Kier molecular flexibility index (Phi) is 6.64. The van der Waals surface area contributed by atoms with Crippen LogP contribution in [-0.4, -0.2) is 18.0 Å². The standard InChI is InChI=1S/C29H25N3O3S/c1-4-25-26(19-8-6-5-7-9-19)31-29(36-25)32-27(33)23-17-20-16-22(34-3)14-15-24(20)35-28(23)30-21-12-10-18(2)11-13-21/h5-17H,4H2,1-3H3,(H,31,32,33). The summed E-state index contributed by atoms with van der Waals surface area (Å²) in [5.74, 6) is 0.331. The summed E-state index contributed by atoms with van der Waals surface area (Å²) in [4.78, 5) is 24.0. The van der Waals surface area contributed by atoms with Crippen LogP contribution in [0.5, 0.6) is 5.75 Å². The Balaban J connectivity index is 1.58. The Labute approximate surface area is 212 Å². The molecule has 0 aliphatic carbocycles. The molecule has 0 radical (unpaired) electrons. The quantitative estimate of drug-likeness (QED) is 0.277. The van der Waals surface area contributed by atoms with Crippen molar-refractivity contribution in [1.29, 1.82) is 0 Å². The monoisotopic (exact) mass is 495 g/mol. The van der Waals surface area contributed by atoms with Gasteiger partial charge in [-0.1, -0.05) is 55.0 Å². The van der Waals surface area contributed by atoms with E-state index in [0.29, 0.717) is 27.7 Å². The smallest absolute Gasteiger partial charge is 0.262 e. The van der Waals surface area contributed by atoms with Crippen molar-refractivity contribution in [3.63, 3.8) is 0 Å². The van der Waals surface area contributed by atoms with Crippen LogP contribution in [0.3, 0.4) is 0 Å². The maximum absolute atomic E-state index is 13.5. The number of hydrogen-bond acceptors (Lipinski definition) is 6. The van der Waals surface area contributed by atoms with Crippen LogP contribution < -0.4 is 15.6 Å². The maximum Gasteiger partial charge on any atom is 0.262 e. The van der Waals surface area contributed by atoms with Gasteiger partial charge in [-0.05, 0) is 49.7 Å². The van der Waals surface area contributed by atoms with E-state index >= 15 is 0 Å². The van der Waals surface area contributed by atoms with E-state index in [1.165, 1.54) is 11.3 Å². The van der Waals surface area contributed by atoms with Crippen molar-refractivity contribution in [1.82, 2.24) is 4.98 Å². The van der Waals surface area contributed by atoms with Crippen molar-refractivity contribution >= 4 is 39.0 Å². The SMILES string of the molecule is CCc1sc(NC(=O)c2cc3cc(OC)ccc3oc2=Nc2ccc(C)cc2)nc1-c1ccccc1. The van der Waals surface area contributed by atoms with Crippen molar-refractivity contribution in [3.8, 4) is 17.0 Å². The molecule has 5 rings (SSSR count). The first-order chi connectivity index (χ1) is 17.5. The normalized spacial score (nSPS) is 11.6. The number of carbonyl (C=O) groups excluding carboxylic acids is 1. The molecule has 0 aliphatic rings. The zero-order valence-corrected chi connectivity index (χ0v) is 21.1. The minimum absolute atomic E-state index is 0.226. The Hall–Kier alpha value is -4.23. The molecule has 36 heavy (non-hydrogen) atoms. The van der Waals surface area contributed by atoms with Gasteiger partial charge in [0.25, 0.3) is 5.91 Å². The first-order valence-corrected chi connectivity index (χ1v) is 12.5. The lowest BCUT2D eigenvalue weighted by Crippen LogP contribution is -2.21. The van der Waals surface area contributed by atoms with Gasteiger partial charge in [0, 0.05) is 15.8 Å². The van der Waals surface area contributed by atoms with Crippen molar-refractivity contribution in [3.05, 3.63) is 100 Å². The number of fused-ring (bicyclic) bond motifs is 1. The fourth-order valence-corrected chi connectivity index (χ4v) is 4.77. The largest absolute Gasteiger partial charge is 0.497 e. The molecule has 3 aromatic carbocycles. The molecule has 2 aromatic heterocycles. The Morgan fingerprint density at radius 1 is 1.06 bits per heavy atom. The Morgan fingerprint density at radius 3 is 2.56 bits per heavy atom. The summed E-state index contributed by atoms with van der Waals surface area (Å²) in [6, 6.07) is 24.9.